The number of benzene rings is 2. The predicted molar refractivity (Wildman–Crippen MR) is 71.1 cm³/mol. The Kier molecular flexibility index (Phi) is 3.69. The Morgan fingerprint density at radius 2 is 1.28 bits per heavy atom. The Bertz CT molecular complexity index is 525. The van der Waals surface area contributed by atoms with E-state index in [1.54, 1.807) is 48.5 Å². The first-order valence-corrected chi connectivity index (χ1v) is 6.13. The normalized spacial score (nSPS) is 10.3. The fraction of sp³-hybridized carbons (Fsp3) is 0. The highest BCUT2D eigenvalue weighted by molar-refractivity contribution is 7.75. The molecule has 6 heteroatoms. The molecule has 0 saturated heterocycles. The molecule has 4 N–H and O–H groups in total. The fourth-order valence-electron chi connectivity index (χ4n) is 1.31. The van der Waals surface area contributed by atoms with E-state index in [1.807, 2.05) is 0 Å². The lowest BCUT2D eigenvalue weighted by atomic mass is 10.3. The van der Waals surface area contributed by atoms with Gasteiger partial charge in [-0.25, -0.2) is 0 Å². The Morgan fingerprint density at radius 1 is 0.833 bits per heavy atom. The van der Waals surface area contributed by atoms with E-state index in [-0.39, 0.29) is 0 Å². The van der Waals surface area contributed by atoms with E-state index in [9.17, 15) is 4.21 Å². The molecular formula is C12H12N2O3S. The van der Waals surface area contributed by atoms with Crippen molar-refractivity contribution in [3.63, 3.8) is 0 Å². The molecule has 2 rings (SSSR count). The molecule has 0 amide bonds. The van der Waals surface area contributed by atoms with Crippen LogP contribution in [0.5, 0.6) is 11.5 Å². The van der Waals surface area contributed by atoms with Gasteiger partial charge >= 0.3 is 11.4 Å². The summed E-state index contributed by atoms with van der Waals surface area (Å²) in [6.07, 6.45) is 0. The third kappa shape index (κ3) is 3.39. The quantitative estimate of drug-likeness (QED) is 0.823. The molecule has 18 heavy (non-hydrogen) atoms. The van der Waals surface area contributed by atoms with Crippen molar-refractivity contribution < 1.29 is 12.6 Å². The van der Waals surface area contributed by atoms with Gasteiger partial charge in [0.1, 0.15) is 11.5 Å². The Labute approximate surface area is 107 Å². The maximum Gasteiger partial charge on any atom is 0.417 e. The molecule has 0 aliphatic rings. The molecule has 0 aliphatic heterocycles. The van der Waals surface area contributed by atoms with Crippen LogP contribution in [0.4, 0.5) is 11.4 Å². The van der Waals surface area contributed by atoms with Crippen molar-refractivity contribution in [2.45, 2.75) is 0 Å². The third-order valence-electron chi connectivity index (χ3n) is 2.04. The maximum atomic E-state index is 11.6. The van der Waals surface area contributed by atoms with E-state index in [4.69, 9.17) is 19.8 Å². The van der Waals surface area contributed by atoms with E-state index in [1.165, 1.54) is 0 Å². The minimum atomic E-state index is -1.95. The average molecular weight is 264 g/mol. The highest BCUT2D eigenvalue weighted by Gasteiger charge is 2.06. The molecule has 0 atom stereocenters. The van der Waals surface area contributed by atoms with E-state index < -0.39 is 11.4 Å². The summed E-state index contributed by atoms with van der Waals surface area (Å²) < 4.78 is 21.7. The zero-order valence-corrected chi connectivity index (χ0v) is 10.2. The van der Waals surface area contributed by atoms with Crippen LogP contribution in [0.15, 0.2) is 48.5 Å². The molecule has 0 spiro atoms. The fourth-order valence-corrected chi connectivity index (χ4v) is 1.86. The van der Waals surface area contributed by atoms with Gasteiger partial charge in [0.15, 0.2) is 0 Å². The molecule has 2 aromatic carbocycles. The first-order chi connectivity index (χ1) is 8.63. The van der Waals surface area contributed by atoms with Gasteiger partial charge < -0.3 is 19.8 Å². The van der Waals surface area contributed by atoms with Crippen LogP contribution in [0, 0.1) is 0 Å². The van der Waals surface area contributed by atoms with Crippen LogP contribution in [0.3, 0.4) is 0 Å². The number of nitrogens with two attached hydrogens (primary N) is 2. The van der Waals surface area contributed by atoms with Crippen LogP contribution in [0.2, 0.25) is 0 Å². The lowest BCUT2D eigenvalue weighted by Gasteiger charge is -2.06. The summed E-state index contributed by atoms with van der Waals surface area (Å²) in [7, 11) is 0. The largest absolute Gasteiger partial charge is 0.417 e. The summed E-state index contributed by atoms with van der Waals surface area (Å²) >= 11 is -1.95. The second-order valence-electron chi connectivity index (χ2n) is 3.52. The molecular weight excluding hydrogens is 252 g/mol. The highest BCUT2D eigenvalue weighted by atomic mass is 32.2. The molecule has 0 saturated carbocycles. The lowest BCUT2D eigenvalue weighted by molar-refractivity contribution is 0.462. The molecule has 5 nitrogen and oxygen atoms in total. The van der Waals surface area contributed by atoms with Crippen molar-refractivity contribution in [1.29, 1.82) is 0 Å². The van der Waals surface area contributed by atoms with Gasteiger partial charge in [-0.1, -0.05) is 12.1 Å². The van der Waals surface area contributed by atoms with Gasteiger partial charge in [-0.05, 0) is 24.3 Å². The highest BCUT2D eigenvalue weighted by Crippen LogP contribution is 2.19. The zero-order valence-electron chi connectivity index (χ0n) is 9.41. The van der Waals surface area contributed by atoms with Crippen molar-refractivity contribution in [3.8, 4) is 11.5 Å². The van der Waals surface area contributed by atoms with Crippen LogP contribution < -0.4 is 19.8 Å². The smallest absolute Gasteiger partial charge is 0.399 e. The van der Waals surface area contributed by atoms with Crippen LogP contribution in [0.1, 0.15) is 0 Å². The molecule has 0 unspecified atom stereocenters. The number of hydrogen-bond acceptors (Lipinski definition) is 5. The number of hydrogen-bond donors (Lipinski definition) is 2. The monoisotopic (exact) mass is 264 g/mol. The molecule has 0 aromatic heterocycles. The molecule has 0 bridgehead atoms. The van der Waals surface area contributed by atoms with Crippen LogP contribution in [-0.2, 0) is 11.4 Å². The van der Waals surface area contributed by atoms with Crippen molar-refractivity contribution in [3.05, 3.63) is 48.5 Å². The Hall–Kier alpha value is -2.21. The predicted octanol–water partition coefficient (Wildman–Crippen LogP) is 1.89. The van der Waals surface area contributed by atoms with Gasteiger partial charge in [0.05, 0.1) is 0 Å². The molecule has 94 valence electrons. The number of anilines is 2. The van der Waals surface area contributed by atoms with Crippen LogP contribution in [0.25, 0.3) is 0 Å². The van der Waals surface area contributed by atoms with E-state index in [2.05, 4.69) is 0 Å². The zero-order chi connectivity index (χ0) is 13.0. The lowest BCUT2D eigenvalue weighted by Crippen LogP contribution is -2.08. The van der Waals surface area contributed by atoms with Gasteiger partial charge in [-0.3, -0.25) is 0 Å². The SMILES string of the molecule is Nc1cccc(OS(=O)Oc2cccc(N)c2)c1. The third-order valence-corrected chi connectivity index (χ3v) is 2.70. The van der Waals surface area contributed by atoms with Crippen molar-refractivity contribution >= 4 is 22.7 Å². The van der Waals surface area contributed by atoms with E-state index in [0.29, 0.717) is 22.9 Å². The topological polar surface area (TPSA) is 87.6 Å². The van der Waals surface area contributed by atoms with Gasteiger partial charge in [0, 0.05) is 23.5 Å². The Morgan fingerprint density at radius 3 is 1.67 bits per heavy atom. The second kappa shape index (κ2) is 5.42. The van der Waals surface area contributed by atoms with Crippen molar-refractivity contribution in [1.82, 2.24) is 0 Å². The summed E-state index contributed by atoms with van der Waals surface area (Å²) in [6, 6.07) is 13.2. The summed E-state index contributed by atoms with van der Waals surface area (Å²) in [5.41, 5.74) is 12.2. The molecule has 0 aliphatic carbocycles. The second-order valence-corrected chi connectivity index (χ2v) is 4.26. The molecule has 0 fully saturated rings. The van der Waals surface area contributed by atoms with Gasteiger partial charge in [-0.15, -0.1) is 0 Å². The number of nitrogen functional groups attached to an aromatic ring is 2. The Balaban J connectivity index is 2.01. The minimum Gasteiger partial charge on any atom is -0.399 e. The van der Waals surface area contributed by atoms with Gasteiger partial charge in [-0.2, -0.15) is 4.21 Å². The standard InChI is InChI=1S/C12H12N2O3S/c13-9-3-1-5-11(7-9)16-18(15)17-12-6-2-4-10(14)8-12/h1-8H,13-14H2. The first-order valence-electron chi connectivity index (χ1n) is 5.13. The van der Waals surface area contributed by atoms with Crippen molar-refractivity contribution in [2.75, 3.05) is 11.5 Å². The van der Waals surface area contributed by atoms with Gasteiger partial charge in [0.25, 0.3) is 0 Å². The summed E-state index contributed by atoms with van der Waals surface area (Å²) in [5, 5.41) is 0. The molecule has 0 radical (unpaired) electrons. The minimum absolute atomic E-state index is 0.372. The summed E-state index contributed by atoms with van der Waals surface area (Å²) in [6.45, 7) is 0. The van der Waals surface area contributed by atoms with E-state index >= 15 is 0 Å². The molecule has 2 aromatic rings. The summed E-state index contributed by atoms with van der Waals surface area (Å²) in [4.78, 5) is 0. The first kappa shape index (κ1) is 12.3. The van der Waals surface area contributed by atoms with Crippen molar-refractivity contribution in [2.24, 2.45) is 0 Å². The van der Waals surface area contributed by atoms with E-state index in [0.717, 1.165) is 0 Å². The van der Waals surface area contributed by atoms with Crippen LogP contribution in [-0.4, -0.2) is 4.21 Å². The number of rotatable bonds is 4. The van der Waals surface area contributed by atoms with Gasteiger partial charge in [0.2, 0.25) is 0 Å². The average Bonchev–Trinajstić information content (AvgIpc) is 2.28. The van der Waals surface area contributed by atoms with Crippen LogP contribution >= 0.6 is 0 Å². The maximum absolute atomic E-state index is 11.6. The molecule has 0 heterocycles. The summed E-state index contributed by atoms with van der Waals surface area (Å²) in [5.74, 6) is 0.745.